The van der Waals surface area contributed by atoms with Crippen molar-refractivity contribution in [3.05, 3.63) is 29.3 Å². The molecule has 0 amide bonds. The highest BCUT2D eigenvalue weighted by atomic mass is 32.2. The standard InChI is InChI=1S/C9H11N3O3S2/c10-5-3-7-1-2-9(16-7)17(13,14)12-8-4-6-15-11-8/h1-2,4,6H,3,5,10H2,(H,11,12). The van der Waals surface area contributed by atoms with Crippen molar-refractivity contribution in [3.63, 3.8) is 0 Å². The Morgan fingerprint density at radius 2 is 2.24 bits per heavy atom. The fourth-order valence-electron chi connectivity index (χ4n) is 1.23. The van der Waals surface area contributed by atoms with Gasteiger partial charge in [0.25, 0.3) is 10.0 Å². The minimum Gasteiger partial charge on any atom is -0.363 e. The van der Waals surface area contributed by atoms with Crippen LogP contribution >= 0.6 is 11.3 Å². The quantitative estimate of drug-likeness (QED) is 0.848. The molecule has 0 fully saturated rings. The second-order valence-electron chi connectivity index (χ2n) is 3.25. The normalized spacial score (nSPS) is 11.6. The van der Waals surface area contributed by atoms with Crippen LogP contribution in [0.15, 0.2) is 33.2 Å². The van der Waals surface area contributed by atoms with Crippen LogP contribution in [0.4, 0.5) is 5.82 Å². The highest BCUT2D eigenvalue weighted by Gasteiger charge is 2.17. The van der Waals surface area contributed by atoms with Gasteiger partial charge in [-0.3, -0.25) is 4.72 Å². The second kappa shape index (κ2) is 4.86. The van der Waals surface area contributed by atoms with Crippen LogP contribution in [0, 0.1) is 0 Å². The first-order valence-corrected chi connectivity index (χ1v) is 7.14. The van der Waals surface area contributed by atoms with Crippen LogP contribution < -0.4 is 10.5 Å². The summed E-state index contributed by atoms with van der Waals surface area (Å²) >= 11 is 1.20. The molecular weight excluding hydrogens is 262 g/mol. The molecule has 92 valence electrons. The zero-order valence-electron chi connectivity index (χ0n) is 8.79. The molecule has 3 N–H and O–H groups in total. The molecule has 0 radical (unpaired) electrons. The molecule has 0 aliphatic carbocycles. The summed E-state index contributed by atoms with van der Waals surface area (Å²) < 4.78 is 30.9. The summed E-state index contributed by atoms with van der Waals surface area (Å²) in [5.41, 5.74) is 5.41. The lowest BCUT2D eigenvalue weighted by Crippen LogP contribution is -2.11. The Bertz CT molecular complexity index is 574. The van der Waals surface area contributed by atoms with Crippen LogP contribution in [0.5, 0.6) is 0 Å². The smallest absolute Gasteiger partial charge is 0.272 e. The van der Waals surface area contributed by atoms with E-state index in [1.807, 2.05) is 0 Å². The van der Waals surface area contributed by atoms with E-state index in [0.29, 0.717) is 13.0 Å². The zero-order valence-corrected chi connectivity index (χ0v) is 10.4. The average molecular weight is 273 g/mol. The number of aromatic nitrogens is 1. The van der Waals surface area contributed by atoms with Crippen molar-refractivity contribution in [1.82, 2.24) is 5.16 Å². The minimum absolute atomic E-state index is 0.166. The first-order chi connectivity index (χ1) is 8.12. The Balaban J connectivity index is 2.19. The van der Waals surface area contributed by atoms with Crippen LogP contribution in [0.2, 0.25) is 0 Å². The number of nitrogens with two attached hydrogens (primary N) is 1. The summed E-state index contributed by atoms with van der Waals surface area (Å²) in [4.78, 5) is 0.938. The van der Waals surface area contributed by atoms with Gasteiger partial charge >= 0.3 is 0 Å². The van der Waals surface area contributed by atoms with Gasteiger partial charge in [-0.2, -0.15) is 0 Å². The molecule has 6 nitrogen and oxygen atoms in total. The van der Waals surface area contributed by atoms with Crippen molar-refractivity contribution < 1.29 is 12.9 Å². The molecule has 0 aromatic carbocycles. The topological polar surface area (TPSA) is 98.2 Å². The molecule has 8 heteroatoms. The van der Waals surface area contributed by atoms with Gasteiger partial charge in [-0.1, -0.05) is 5.16 Å². The zero-order chi connectivity index (χ0) is 12.3. The Morgan fingerprint density at radius 1 is 1.41 bits per heavy atom. The van der Waals surface area contributed by atoms with Crippen LogP contribution in [-0.2, 0) is 16.4 Å². The summed E-state index contributed by atoms with van der Waals surface area (Å²) in [6, 6.07) is 4.75. The average Bonchev–Trinajstić information content (AvgIpc) is 2.88. The van der Waals surface area contributed by atoms with Crippen LogP contribution in [0.1, 0.15) is 4.88 Å². The highest BCUT2D eigenvalue weighted by molar-refractivity contribution is 7.94. The Hall–Kier alpha value is -1.38. The van der Waals surface area contributed by atoms with Crippen LogP contribution in [0.25, 0.3) is 0 Å². The van der Waals surface area contributed by atoms with E-state index in [4.69, 9.17) is 5.73 Å². The summed E-state index contributed by atoms with van der Waals surface area (Å²) in [6.07, 6.45) is 1.97. The number of nitrogens with one attached hydrogen (secondary N) is 1. The number of anilines is 1. The van der Waals surface area contributed by atoms with Gasteiger partial charge in [-0.15, -0.1) is 11.3 Å². The van der Waals surface area contributed by atoms with Crippen molar-refractivity contribution in [3.8, 4) is 0 Å². The molecular formula is C9H11N3O3S2. The van der Waals surface area contributed by atoms with E-state index in [0.717, 1.165) is 4.88 Å². The Labute approximate surface area is 102 Å². The van der Waals surface area contributed by atoms with Gasteiger partial charge in [0.1, 0.15) is 10.5 Å². The van der Waals surface area contributed by atoms with E-state index in [-0.39, 0.29) is 10.0 Å². The van der Waals surface area contributed by atoms with E-state index >= 15 is 0 Å². The molecule has 2 aromatic heterocycles. The van der Waals surface area contributed by atoms with Crippen molar-refractivity contribution in [1.29, 1.82) is 0 Å². The first kappa shape index (κ1) is 12.1. The van der Waals surface area contributed by atoms with Crippen LogP contribution in [0.3, 0.4) is 0 Å². The van der Waals surface area contributed by atoms with Crippen molar-refractivity contribution in [2.45, 2.75) is 10.6 Å². The van der Waals surface area contributed by atoms with Gasteiger partial charge < -0.3 is 10.3 Å². The lowest BCUT2D eigenvalue weighted by molar-refractivity contribution is 0.423. The van der Waals surface area contributed by atoms with Gasteiger partial charge in [0.2, 0.25) is 0 Å². The molecule has 0 spiro atoms. The fourth-order valence-corrected chi connectivity index (χ4v) is 3.60. The van der Waals surface area contributed by atoms with E-state index in [1.165, 1.54) is 23.7 Å². The molecule has 2 heterocycles. The summed E-state index contributed by atoms with van der Waals surface area (Å²) in [5.74, 6) is 0.166. The maximum absolute atomic E-state index is 11.9. The van der Waals surface area contributed by atoms with E-state index < -0.39 is 10.0 Å². The molecule has 0 saturated heterocycles. The van der Waals surface area contributed by atoms with Crippen LogP contribution in [-0.4, -0.2) is 20.1 Å². The second-order valence-corrected chi connectivity index (χ2v) is 6.33. The van der Waals surface area contributed by atoms with Crippen molar-refractivity contribution in [2.75, 3.05) is 11.3 Å². The third-order valence-corrected chi connectivity index (χ3v) is 4.96. The third-order valence-electron chi connectivity index (χ3n) is 1.97. The number of hydrogen-bond donors (Lipinski definition) is 2. The maximum Gasteiger partial charge on any atom is 0.272 e. The minimum atomic E-state index is -3.58. The largest absolute Gasteiger partial charge is 0.363 e. The molecule has 0 atom stereocenters. The van der Waals surface area contributed by atoms with Crippen molar-refractivity contribution in [2.24, 2.45) is 5.73 Å². The first-order valence-electron chi connectivity index (χ1n) is 4.84. The number of nitrogens with zero attached hydrogens (tertiary/aromatic N) is 1. The molecule has 0 bridgehead atoms. The lowest BCUT2D eigenvalue weighted by Gasteiger charge is -2.00. The van der Waals surface area contributed by atoms with E-state index in [1.54, 1.807) is 12.1 Å². The van der Waals surface area contributed by atoms with E-state index in [9.17, 15) is 8.42 Å². The summed E-state index contributed by atoms with van der Waals surface area (Å²) in [6.45, 7) is 0.497. The van der Waals surface area contributed by atoms with Gasteiger partial charge in [0.05, 0.1) is 0 Å². The highest BCUT2D eigenvalue weighted by Crippen LogP contribution is 2.23. The molecule has 17 heavy (non-hydrogen) atoms. The molecule has 0 aliphatic heterocycles. The van der Waals surface area contributed by atoms with Crippen molar-refractivity contribution >= 4 is 27.2 Å². The molecule has 2 aromatic rings. The molecule has 0 aliphatic rings. The number of rotatable bonds is 5. The molecule has 2 rings (SSSR count). The van der Waals surface area contributed by atoms with Gasteiger partial charge in [-0.25, -0.2) is 8.42 Å². The summed E-state index contributed by atoms with van der Waals surface area (Å²) in [7, 11) is -3.58. The molecule has 0 unspecified atom stereocenters. The summed E-state index contributed by atoms with van der Waals surface area (Å²) in [5, 5.41) is 3.49. The maximum atomic E-state index is 11.9. The number of hydrogen-bond acceptors (Lipinski definition) is 6. The van der Waals surface area contributed by atoms with Gasteiger partial charge in [0.15, 0.2) is 5.82 Å². The van der Waals surface area contributed by atoms with Gasteiger partial charge in [0, 0.05) is 10.9 Å². The predicted octanol–water partition coefficient (Wildman–Crippen LogP) is 1.04. The Kier molecular flexibility index (Phi) is 3.46. The fraction of sp³-hybridized carbons (Fsp3) is 0.222. The predicted molar refractivity (Wildman–Crippen MR) is 64.4 cm³/mol. The van der Waals surface area contributed by atoms with Gasteiger partial charge in [-0.05, 0) is 25.1 Å². The molecule has 0 saturated carbocycles. The van der Waals surface area contributed by atoms with E-state index in [2.05, 4.69) is 14.4 Å². The SMILES string of the molecule is NCCc1ccc(S(=O)(=O)Nc2ccon2)s1. The Morgan fingerprint density at radius 3 is 2.88 bits per heavy atom. The monoisotopic (exact) mass is 273 g/mol. The number of thiophene rings is 1. The lowest BCUT2D eigenvalue weighted by atomic mass is 10.3. The third kappa shape index (κ3) is 2.84. The number of sulfonamides is 1.